The number of halogens is 4. The maximum absolute atomic E-state index is 13.6. The van der Waals surface area contributed by atoms with Crippen molar-refractivity contribution in [3.8, 4) is 11.5 Å². The van der Waals surface area contributed by atoms with Gasteiger partial charge in [-0.25, -0.2) is 9.67 Å². The largest absolute Gasteiger partial charge is 0.457 e. The number of rotatable bonds is 5. The molecule has 1 unspecified atom stereocenters. The summed E-state index contributed by atoms with van der Waals surface area (Å²) in [5, 5.41) is 14.6. The Labute approximate surface area is 158 Å². The average Bonchev–Trinajstić information content (AvgIpc) is 3.16. The van der Waals surface area contributed by atoms with Crippen LogP contribution in [0.15, 0.2) is 55.1 Å². The number of aliphatic hydroxyl groups is 1. The van der Waals surface area contributed by atoms with Gasteiger partial charge in [-0.2, -0.15) is 18.3 Å². The van der Waals surface area contributed by atoms with Crippen molar-refractivity contribution in [3.63, 3.8) is 0 Å². The molecule has 0 spiro atoms. The van der Waals surface area contributed by atoms with Crippen LogP contribution in [0.25, 0.3) is 0 Å². The average molecular weight is 398 g/mol. The highest BCUT2D eigenvalue weighted by atomic mass is 35.5. The molecule has 9 heteroatoms. The molecule has 0 aliphatic carbocycles. The molecule has 1 N–H and O–H groups in total. The number of nitrogens with zero attached hydrogens (tertiary/aromatic N) is 3. The second kappa shape index (κ2) is 7.58. The van der Waals surface area contributed by atoms with Gasteiger partial charge < -0.3 is 9.84 Å². The number of hydrogen-bond acceptors (Lipinski definition) is 4. The van der Waals surface area contributed by atoms with E-state index in [9.17, 15) is 18.3 Å². The van der Waals surface area contributed by atoms with E-state index < -0.39 is 23.9 Å². The predicted molar refractivity (Wildman–Crippen MR) is 92.7 cm³/mol. The van der Waals surface area contributed by atoms with Gasteiger partial charge in [-0.1, -0.05) is 24.6 Å². The SMILES string of the molecule is CC(c1ccc(Oc2ccc(Cl)cc2)cc1C(F)(F)F)[C@@H](O)n1cncn1. The van der Waals surface area contributed by atoms with Gasteiger partial charge in [-0.05, 0) is 42.0 Å². The first kappa shape index (κ1) is 19.2. The third-order valence-electron chi connectivity index (χ3n) is 4.02. The third-order valence-corrected chi connectivity index (χ3v) is 4.28. The highest BCUT2D eigenvalue weighted by Gasteiger charge is 2.36. The van der Waals surface area contributed by atoms with Crippen molar-refractivity contribution in [1.29, 1.82) is 0 Å². The lowest BCUT2D eigenvalue weighted by Crippen LogP contribution is -2.19. The summed E-state index contributed by atoms with van der Waals surface area (Å²) >= 11 is 5.79. The van der Waals surface area contributed by atoms with Crippen molar-refractivity contribution in [2.45, 2.75) is 25.2 Å². The number of aromatic nitrogens is 3. The summed E-state index contributed by atoms with van der Waals surface area (Å²) in [6, 6.07) is 9.89. The molecule has 2 aromatic carbocycles. The van der Waals surface area contributed by atoms with Crippen molar-refractivity contribution in [2.75, 3.05) is 0 Å². The highest BCUT2D eigenvalue weighted by Crippen LogP contribution is 2.40. The summed E-state index contributed by atoms with van der Waals surface area (Å²) in [6.07, 6.45) is -3.47. The Morgan fingerprint density at radius 1 is 1.11 bits per heavy atom. The summed E-state index contributed by atoms with van der Waals surface area (Å²) in [6.45, 7) is 1.48. The van der Waals surface area contributed by atoms with Gasteiger partial charge in [0, 0.05) is 10.9 Å². The van der Waals surface area contributed by atoms with E-state index in [0.29, 0.717) is 10.8 Å². The van der Waals surface area contributed by atoms with Crippen molar-refractivity contribution in [2.24, 2.45) is 0 Å². The van der Waals surface area contributed by atoms with Crippen molar-refractivity contribution < 1.29 is 23.0 Å². The smallest absolute Gasteiger partial charge is 0.416 e. The normalized spacial score (nSPS) is 14.0. The van der Waals surface area contributed by atoms with Gasteiger partial charge in [-0.3, -0.25) is 0 Å². The van der Waals surface area contributed by atoms with Crippen LogP contribution < -0.4 is 4.74 Å². The summed E-state index contributed by atoms with van der Waals surface area (Å²) in [4.78, 5) is 3.70. The van der Waals surface area contributed by atoms with Crippen LogP contribution in [0.1, 0.15) is 30.2 Å². The van der Waals surface area contributed by atoms with E-state index in [4.69, 9.17) is 16.3 Å². The van der Waals surface area contributed by atoms with Gasteiger partial charge in [0.25, 0.3) is 0 Å². The lowest BCUT2D eigenvalue weighted by molar-refractivity contribution is -0.138. The van der Waals surface area contributed by atoms with Crippen LogP contribution in [0, 0.1) is 0 Å². The fraction of sp³-hybridized carbons (Fsp3) is 0.222. The minimum Gasteiger partial charge on any atom is -0.457 e. The molecule has 1 heterocycles. The van der Waals surface area contributed by atoms with Gasteiger partial charge in [0.15, 0.2) is 6.23 Å². The van der Waals surface area contributed by atoms with E-state index in [2.05, 4.69) is 10.1 Å². The third kappa shape index (κ3) is 4.40. The Balaban J connectivity index is 1.93. The molecule has 2 atom stereocenters. The van der Waals surface area contributed by atoms with Crippen LogP contribution in [-0.4, -0.2) is 19.9 Å². The minimum absolute atomic E-state index is 0.0239. The predicted octanol–water partition coefficient (Wildman–Crippen LogP) is 5.04. The van der Waals surface area contributed by atoms with Gasteiger partial charge in [-0.15, -0.1) is 0 Å². The fourth-order valence-corrected chi connectivity index (χ4v) is 2.75. The first-order valence-corrected chi connectivity index (χ1v) is 8.30. The fourth-order valence-electron chi connectivity index (χ4n) is 2.62. The Morgan fingerprint density at radius 3 is 2.37 bits per heavy atom. The molecule has 3 aromatic rings. The molecular weight excluding hydrogens is 383 g/mol. The van der Waals surface area contributed by atoms with E-state index in [1.807, 2.05) is 0 Å². The van der Waals surface area contributed by atoms with Gasteiger partial charge >= 0.3 is 6.18 Å². The minimum atomic E-state index is -4.62. The summed E-state index contributed by atoms with van der Waals surface area (Å²) < 4.78 is 47.4. The van der Waals surface area contributed by atoms with Gasteiger partial charge in [0.05, 0.1) is 5.56 Å². The van der Waals surface area contributed by atoms with E-state index in [1.54, 1.807) is 24.3 Å². The number of hydrogen-bond donors (Lipinski definition) is 1. The van der Waals surface area contributed by atoms with E-state index in [0.717, 1.165) is 10.7 Å². The highest BCUT2D eigenvalue weighted by molar-refractivity contribution is 6.30. The molecule has 3 rings (SSSR count). The number of ether oxygens (including phenoxy) is 1. The molecule has 0 aliphatic rings. The maximum atomic E-state index is 13.6. The Hall–Kier alpha value is -2.58. The van der Waals surface area contributed by atoms with Crippen molar-refractivity contribution in [1.82, 2.24) is 14.8 Å². The van der Waals surface area contributed by atoms with E-state index >= 15 is 0 Å². The molecule has 142 valence electrons. The van der Waals surface area contributed by atoms with E-state index in [1.165, 1.54) is 31.7 Å². The van der Waals surface area contributed by atoms with Crippen LogP contribution in [0.3, 0.4) is 0 Å². The molecule has 5 nitrogen and oxygen atoms in total. The zero-order valence-corrected chi connectivity index (χ0v) is 14.8. The number of aliphatic hydroxyl groups excluding tert-OH is 1. The molecular formula is C18H15ClF3N3O2. The zero-order valence-electron chi connectivity index (χ0n) is 14.1. The van der Waals surface area contributed by atoms with Crippen molar-refractivity contribution >= 4 is 11.6 Å². The quantitative estimate of drug-likeness (QED) is 0.655. The molecule has 27 heavy (non-hydrogen) atoms. The lowest BCUT2D eigenvalue weighted by atomic mass is 9.93. The zero-order chi connectivity index (χ0) is 19.6. The molecule has 0 aliphatic heterocycles. The summed E-state index contributed by atoms with van der Waals surface area (Å²) in [5.41, 5.74) is -0.963. The molecule has 0 bridgehead atoms. The number of alkyl halides is 3. The summed E-state index contributed by atoms with van der Waals surface area (Å²) in [5.74, 6) is -0.500. The summed E-state index contributed by atoms with van der Waals surface area (Å²) in [7, 11) is 0. The van der Waals surface area contributed by atoms with Crippen molar-refractivity contribution in [3.05, 3.63) is 71.3 Å². The second-order valence-corrected chi connectivity index (χ2v) is 6.32. The van der Waals surface area contributed by atoms with Crippen LogP contribution >= 0.6 is 11.6 Å². The molecule has 0 saturated carbocycles. The monoisotopic (exact) mass is 397 g/mol. The van der Waals surface area contributed by atoms with Gasteiger partial charge in [0.2, 0.25) is 0 Å². The number of benzene rings is 2. The second-order valence-electron chi connectivity index (χ2n) is 5.88. The molecule has 0 amide bonds. The molecule has 0 fully saturated rings. The molecule has 0 radical (unpaired) electrons. The lowest BCUT2D eigenvalue weighted by Gasteiger charge is -2.23. The van der Waals surface area contributed by atoms with Crippen LogP contribution in [-0.2, 0) is 6.18 Å². The van der Waals surface area contributed by atoms with E-state index in [-0.39, 0.29) is 11.3 Å². The maximum Gasteiger partial charge on any atom is 0.416 e. The Bertz CT molecular complexity index is 899. The standard InChI is InChI=1S/C18H15ClF3N3O2/c1-11(17(26)25-10-23-9-24-25)15-7-6-14(8-16(15)18(20,21)22)27-13-4-2-12(19)3-5-13/h2-11,17,26H,1H3/t11?,17-/m1/s1. The first-order valence-electron chi connectivity index (χ1n) is 7.92. The topological polar surface area (TPSA) is 60.2 Å². The van der Waals surface area contributed by atoms with Gasteiger partial charge in [0.1, 0.15) is 24.2 Å². The van der Waals surface area contributed by atoms with Crippen LogP contribution in [0.5, 0.6) is 11.5 Å². The molecule has 0 saturated heterocycles. The Kier molecular flexibility index (Phi) is 5.38. The Morgan fingerprint density at radius 2 is 1.78 bits per heavy atom. The van der Waals surface area contributed by atoms with Crippen LogP contribution in [0.2, 0.25) is 5.02 Å². The molecule has 1 aromatic heterocycles. The van der Waals surface area contributed by atoms with Crippen LogP contribution in [0.4, 0.5) is 13.2 Å². The first-order chi connectivity index (χ1) is 12.8.